The molecule has 15 heavy (non-hydrogen) atoms. The molecule has 0 spiro atoms. The first-order valence-electron chi connectivity index (χ1n) is 3.03. The van der Waals surface area contributed by atoms with Gasteiger partial charge in [-0.05, 0) is 0 Å². The maximum absolute atomic E-state index is 12.2. The van der Waals surface area contributed by atoms with Crippen molar-refractivity contribution in [3.05, 3.63) is 24.1 Å². The van der Waals surface area contributed by atoms with Crippen LogP contribution >= 0.6 is 0 Å². The van der Waals surface area contributed by atoms with Crippen molar-refractivity contribution in [1.82, 2.24) is 0 Å². The Morgan fingerprint density at radius 1 is 0.800 bits per heavy atom. The molecule has 0 saturated carbocycles. The Morgan fingerprint density at radius 2 is 1.20 bits per heavy atom. The largest absolute Gasteiger partial charge is 0.370 e. The van der Waals surface area contributed by atoms with Gasteiger partial charge in [0, 0.05) is 0 Å². The molecule has 0 N–H and O–H groups in total. The van der Waals surface area contributed by atoms with Crippen molar-refractivity contribution in [3.63, 3.8) is 0 Å². The third kappa shape index (κ3) is 2.90. The molecule has 0 amide bonds. The van der Waals surface area contributed by atoms with Gasteiger partial charge in [-0.25, -0.2) is 0 Å². The third-order valence-electron chi connectivity index (χ3n) is 1.15. The monoisotopic (exact) mass is 244 g/mol. The van der Waals surface area contributed by atoms with Gasteiger partial charge in [0.15, 0.2) is 0 Å². The van der Waals surface area contributed by atoms with Gasteiger partial charge in [0.25, 0.3) is 6.08 Å². The maximum atomic E-state index is 12.2. The van der Waals surface area contributed by atoms with Gasteiger partial charge in [0.05, 0.1) is 6.08 Å². The van der Waals surface area contributed by atoms with Crippen LogP contribution in [0.4, 0.5) is 39.5 Å². The highest BCUT2D eigenvalue weighted by Crippen LogP contribution is 2.43. The minimum Gasteiger partial charge on any atom is -0.199 e. The lowest BCUT2D eigenvalue weighted by atomic mass is 10.1. The molecule has 0 aliphatic carbocycles. The van der Waals surface area contributed by atoms with Gasteiger partial charge >= 0.3 is 17.9 Å². The molecule has 9 heteroatoms. The maximum Gasteiger partial charge on any atom is 0.370 e. The zero-order valence-corrected chi connectivity index (χ0v) is 6.48. The molecule has 0 aliphatic heterocycles. The Balaban J connectivity index is 5.38. The molecule has 0 aromatic carbocycles. The van der Waals surface area contributed by atoms with Crippen molar-refractivity contribution in [2.24, 2.45) is 0 Å². The second-order valence-corrected chi connectivity index (χ2v) is 2.21. The number of alkyl halides is 4. The van der Waals surface area contributed by atoms with Crippen molar-refractivity contribution in [2.45, 2.75) is 11.8 Å². The first kappa shape index (κ1) is 13.8. The third-order valence-corrected chi connectivity index (χ3v) is 1.15. The van der Waals surface area contributed by atoms with Crippen molar-refractivity contribution < 1.29 is 39.5 Å². The number of halogens is 9. The van der Waals surface area contributed by atoms with Crippen LogP contribution in [0.5, 0.6) is 0 Å². The second kappa shape index (κ2) is 4.15. The summed E-state index contributed by atoms with van der Waals surface area (Å²) in [5.41, 5.74) is 0. The number of hydrogen-bond donors (Lipinski definition) is 0. The van der Waals surface area contributed by atoms with Crippen molar-refractivity contribution >= 4 is 0 Å². The molecule has 0 atom stereocenters. The van der Waals surface area contributed by atoms with Crippen LogP contribution in [-0.4, -0.2) is 11.8 Å². The van der Waals surface area contributed by atoms with Crippen LogP contribution in [0.2, 0.25) is 0 Å². The Morgan fingerprint density at radius 3 is 1.47 bits per heavy atom. The highest BCUT2D eigenvalue weighted by molar-refractivity contribution is 5.17. The van der Waals surface area contributed by atoms with E-state index >= 15 is 0 Å². The SMILES string of the molecule is FC(F)=CC(F)(F)C(F)(F)C(F)=C(F)F. The topological polar surface area (TPSA) is 0 Å². The summed E-state index contributed by atoms with van der Waals surface area (Å²) in [5, 5.41) is 0. The molecule has 0 saturated heterocycles. The van der Waals surface area contributed by atoms with E-state index in [1.807, 2.05) is 0 Å². The van der Waals surface area contributed by atoms with Gasteiger partial charge in [0.1, 0.15) is 0 Å². The summed E-state index contributed by atoms with van der Waals surface area (Å²) in [6, 6.07) is 0. The fourth-order valence-corrected chi connectivity index (χ4v) is 0.493. The summed E-state index contributed by atoms with van der Waals surface area (Å²) < 4.78 is 106. The van der Waals surface area contributed by atoms with Crippen LogP contribution in [-0.2, 0) is 0 Å². The molecule has 0 aromatic heterocycles. The number of hydrogen-bond acceptors (Lipinski definition) is 0. The first-order chi connectivity index (χ1) is 6.52. The highest BCUT2D eigenvalue weighted by Gasteiger charge is 2.60. The zero-order chi connectivity index (χ0) is 12.4. The highest BCUT2D eigenvalue weighted by atomic mass is 19.3. The van der Waals surface area contributed by atoms with Crippen LogP contribution in [0.1, 0.15) is 0 Å². The average Bonchev–Trinajstić information content (AvgIpc) is 1.99. The number of rotatable bonds is 3. The smallest absolute Gasteiger partial charge is 0.199 e. The van der Waals surface area contributed by atoms with Crippen LogP contribution in [0.15, 0.2) is 24.1 Å². The van der Waals surface area contributed by atoms with E-state index in [1.165, 1.54) is 0 Å². The van der Waals surface area contributed by atoms with E-state index in [9.17, 15) is 39.5 Å². The Hall–Kier alpha value is -1.15. The van der Waals surface area contributed by atoms with Crippen molar-refractivity contribution in [3.8, 4) is 0 Å². The van der Waals surface area contributed by atoms with Crippen molar-refractivity contribution in [1.29, 1.82) is 0 Å². The fraction of sp³-hybridized carbons (Fsp3) is 0.333. The lowest BCUT2D eigenvalue weighted by Crippen LogP contribution is -2.39. The molecular weight excluding hydrogens is 243 g/mol. The molecule has 88 valence electrons. The summed E-state index contributed by atoms with van der Waals surface area (Å²) in [5.74, 6) is -15.5. The zero-order valence-electron chi connectivity index (χ0n) is 6.48. The van der Waals surface area contributed by atoms with Gasteiger partial charge in [-0.2, -0.15) is 39.5 Å². The molecule has 0 radical (unpaired) electrons. The summed E-state index contributed by atoms with van der Waals surface area (Å²) in [7, 11) is 0. The molecule has 0 heterocycles. The van der Waals surface area contributed by atoms with E-state index < -0.39 is 35.9 Å². The minimum atomic E-state index is -6.02. The van der Waals surface area contributed by atoms with E-state index in [0.29, 0.717) is 0 Å². The van der Waals surface area contributed by atoms with Crippen LogP contribution in [0, 0.1) is 0 Å². The van der Waals surface area contributed by atoms with Gasteiger partial charge in [0.2, 0.25) is 5.83 Å². The lowest BCUT2D eigenvalue weighted by Gasteiger charge is -2.20. The van der Waals surface area contributed by atoms with Gasteiger partial charge in [-0.3, -0.25) is 0 Å². The summed E-state index contributed by atoms with van der Waals surface area (Å²) >= 11 is 0. The molecule has 0 aliphatic rings. The summed E-state index contributed by atoms with van der Waals surface area (Å²) in [6.07, 6.45) is -8.55. The molecular formula is C6HF9. The fourth-order valence-electron chi connectivity index (χ4n) is 0.493. The predicted molar refractivity (Wildman–Crippen MR) is 30.5 cm³/mol. The van der Waals surface area contributed by atoms with Gasteiger partial charge in [-0.1, -0.05) is 0 Å². The summed E-state index contributed by atoms with van der Waals surface area (Å²) in [4.78, 5) is 0. The predicted octanol–water partition coefficient (Wildman–Crippen LogP) is 4.11. The van der Waals surface area contributed by atoms with Crippen molar-refractivity contribution in [2.75, 3.05) is 0 Å². The Labute approximate surface area is 76.7 Å². The second-order valence-electron chi connectivity index (χ2n) is 2.21. The minimum absolute atomic E-state index is 1.60. The van der Waals surface area contributed by atoms with Gasteiger partial charge in [-0.15, -0.1) is 0 Å². The standard InChI is InChI=1S/C6HF9/c7-2(8)1-5(12,13)6(14,15)3(9)4(10)11/h1H. The van der Waals surface area contributed by atoms with Gasteiger partial charge < -0.3 is 0 Å². The molecule has 0 aromatic rings. The summed E-state index contributed by atoms with van der Waals surface area (Å²) in [6.45, 7) is 0. The Bertz CT molecular complexity index is 292. The molecule has 0 rings (SSSR count). The molecule has 0 unspecified atom stereocenters. The Kier molecular flexibility index (Phi) is 3.83. The van der Waals surface area contributed by atoms with E-state index in [1.54, 1.807) is 0 Å². The van der Waals surface area contributed by atoms with E-state index in [2.05, 4.69) is 0 Å². The van der Waals surface area contributed by atoms with E-state index in [0.717, 1.165) is 0 Å². The average molecular weight is 244 g/mol. The quantitative estimate of drug-likeness (QED) is 0.655. The number of allylic oxidation sites excluding steroid dienone is 2. The van der Waals surface area contributed by atoms with Crippen LogP contribution < -0.4 is 0 Å². The molecule has 0 fully saturated rings. The molecule has 0 bridgehead atoms. The first-order valence-corrected chi connectivity index (χ1v) is 3.03. The normalized spacial score (nSPS) is 12.3. The van der Waals surface area contributed by atoms with Crippen LogP contribution in [0.25, 0.3) is 0 Å². The van der Waals surface area contributed by atoms with Crippen LogP contribution in [0.3, 0.4) is 0 Å². The van der Waals surface area contributed by atoms with E-state index in [4.69, 9.17) is 0 Å². The van der Waals surface area contributed by atoms with E-state index in [-0.39, 0.29) is 0 Å². The lowest BCUT2D eigenvalue weighted by molar-refractivity contribution is -0.168. The molecule has 0 nitrogen and oxygen atoms in total.